The van der Waals surface area contributed by atoms with Crippen LogP contribution in [0.4, 0.5) is 26.3 Å². The normalized spacial score (nSPS) is 15.1. The molecule has 6 heteroatoms. The molecule has 0 aliphatic rings. The molecule has 88 heavy (non-hydrogen) atoms. The van der Waals surface area contributed by atoms with Crippen molar-refractivity contribution in [2.45, 2.75) is 461 Å². The first kappa shape index (κ1) is 109. The van der Waals surface area contributed by atoms with Crippen LogP contribution in [0.15, 0.2) is 0 Å². The summed E-state index contributed by atoms with van der Waals surface area (Å²) in [6, 6.07) is 0. The third kappa shape index (κ3) is 59.3. The van der Waals surface area contributed by atoms with Crippen molar-refractivity contribution >= 4 is 0 Å². The van der Waals surface area contributed by atoms with E-state index in [1.54, 1.807) is 48.5 Å². The van der Waals surface area contributed by atoms with Gasteiger partial charge in [0.05, 0.1) is 0 Å². The van der Waals surface area contributed by atoms with Crippen LogP contribution in [0.1, 0.15) is 427 Å². The SMILES string of the molecule is CC(C)C(C(C)C)C(C)(C)F.CC(C)C(C)(C)C.CCC(C)(CC)C(C)(C)C.CCC(C)(CC)[C@@](C)(F)CC.CCC(C)(F)CC.CCC(CC)C(C)(C)C.CCC(CC)[C@@](C)(F)CC.CCCC(C)(C)C.CCC[C@@](C)(F)CC.CC[C@](C)(F)C(C)C. The van der Waals surface area contributed by atoms with E-state index in [2.05, 4.69) is 194 Å². The second-order valence-corrected chi connectivity index (χ2v) is 34.2. The molecule has 0 aromatic heterocycles. The summed E-state index contributed by atoms with van der Waals surface area (Å²) in [5, 5.41) is 0. The fourth-order valence-electron chi connectivity index (χ4n) is 10.1. The average molecular weight is 1280 g/mol. The monoisotopic (exact) mass is 1280 g/mol. The minimum atomic E-state index is -1.04. The number of alkyl halides is 6. The quantitative estimate of drug-likeness (QED) is 0.0895. The molecule has 548 valence electrons. The fourth-order valence-corrected chi connectivity index (χ4v) is 10.1. The molecule has 0 aliphatic carbocycles. The molecular weight excluding hydrogens is 1100 g/mol. The zero-order valence-electron chi connectivity index (χ0n) is 70.0. The second kappa shape index (κ2) is 51.9. The highest BCUT2D eigenvalue weighted by Gasteiger charge is 2.41. The molecule has 4 atom stereocenters. The first-order chi connectivity index (χ1) is 38.9. The van der Waals surface area contributed by atoms with Gasteiger partial charge >= 0.3 is 0 Å². The van der Waals surface area contributed by atoms with E-state index in [4.69, 9.17) is 0 Å². The van der Waals surface area contributed by atoms with Crippen molar-refractivity contribution in [3.05, 3.63) is 0 Å². The average Bonchev–Trinajstić information content (AvgIpc) is 3.38. The van der Waals surface area contributed by atoms with Crippen molar-refractivity contribution in [1.29, 1.82) is 0 Å². The lowest BCUT2D eigenvalue weighted by Gasteiger charge is -2.40. The summed E-state index contributed by atoms with van der Waals surface area (Å²) in [4.78, 5) is 0. The minimum Gasteiger partial charge on any atom is -0.244 e. The Hall–Kier alpha value is -0.420. The summed E-state index contributed by atoms with van der Waals surface area (Å²) in [5.41, 5.74) is -3.36. The largest absolute Gasteiger partial charge is 0.244 e. The topological polar surface area (TPSA) is 0 Å². The molecule has 0 saturated heterocycles. The molecule has 0 fully saturated rings. The third-order valence-electron chi connectivity index (χ3n) is 21.4. The Balaban J connectivity index is -0.0000000964. The van der Waals surface area contributed by atoms with E-state index in [0.717, 1.165) is 43.9 Å². The fraction of sp³-hybridized carbons (Fsp3) is 1.00. The third-order valence-corrected chi connectivity index (χ3v) is 21.4. The van der Waals surface area contributed by atoms with Gasteiger partial charge in [0.15, 0.2) is 0 Å². The Bertz CT molecular complexity index is 1420. The summed E-state index contributed by atoms with van der Waals surface area (Å²) in [7, 11) is 0. The summed E-state index contributed by atoms with van der Waals surface area (Å²) in [6.45, 7) is 93.3. The molecule has 0 radical (unpaired) electrons. The number of rotatable bonds is 23. The van der Waals surface area contributed by atoms with E-state index >= 15 is 0 Å². The van der Waals surface area contributed by atoms with Crippen LogP contribution in [0.25, 0.3) is 0 Å². The zero-order chi connectivity index (χ0) is 73.8. The van der Waals surface area contributed by atoms with Crippen molar-refractivity contribution < 1.29 is 26.3 Å². The maximum atomic E-state index is 13.9. The molecule has 0 N–H and O–H groups in total. The lowest BCUT2D eigenvalue weighted by molar-refractivity contribution is 0.00941. The van der Waals surface area contributed by atoms with Crippen LogP contribution in [-0.2, 0) is 0 Å². The molecule has 0 aliphatic heterocycles. The molecular formula is C82H178F6. The summed E-state index contributed by atoms with van der Waals surface area (Å²) < 4.78 is 79.2. The maximum absolute atomic E-state index is 13.9. The molecule has 0 aromatic rings. The van der Waals surface area contributed by atoms with E-state index in [-0.39, 0.29) is 23.2 Å². The Kier molecular flexibility index (Phi) is 64.3. The highest BCUT2D eigenvalue weighted by molar-refractivity contribution is 4.90. The van der Waals surface area contributed by atoms with Gasteiger partial charge in [-0.05, 0) is 181 Å². The molecule has 0 saturated carbocycles. The van der Waals surface area contributed by atoms with E-state index in [0.29, 0.717) is 83.9 Å². The number of hydrogen-bond donors (Lipinski definition) is 0. The molecule has 0 spiro atoms. The van der Waals surface area contributed by atoms with Gasteiger partial charge in [-0.15, -0.1) is 0 Å². The highest BCUT2D eigenvalue weighted by Crippen LogP contribution is 2.44. The van der Waals surface area contributed by atoms with Crippen LogP contribution in [0, 0.1) is 73.9 Å². The summed E-state index contributed by atoms with van der Waals surface area (Å²) >= 11 is 0. The van der Waals surface area contributed by atoms with Crippen molar-refractivity contribution in [2.24, 2.45) is 73.9 Å². The van der Waals surface area contributed by atoms with Crippen LogP contribution < -0.4 is 0 Å². The van der Waals surface area contributed by atoms with Gasteiger partial charge in [0.25, 0.3) is 0 Å². The van der Waals surface area contributed by atoms with Gasteiger partial charge in [-0.25, -0.2) is 26.3 Å². The molecule has 0 heterocycles. The van der Waals surface area contributed by atoms with Gasteiger partial charge in [-0.1, -0.05) is 314 Å². The van der Waals surface area contributed by atoms with Crippen LogP contribution in [0.2, 0.25) is 0 Å². The van der Waals surface area contributed by atoms with Crippen molar-refractivity contribution in [3.8, 4) is 0 Å². The molecule has 0 aromatic carbocycles. The highest BCUT2D eigenvalue weighted by atomic mass is 19.2. The summed E-state index contributed by atoms with van der Waals surface area (Å²) in [6.07, 6.45) is 17.0. The number of hydrogen-bond acceptors (Lipinski definition) is 0. The zero-order valence-corrected chi connectivity index (χ0v) is 70.0. The van der Waals surface area contributed by atoms with Gasteiger partial charge < -0.3 is 0 Å². The van der Waals surface area contributed by atoms with Gasteiger partial charge in [0, 0.05) is 5.41 Å². The van der Waals surface area contributed by atoms with Gasteiger partial charge in [0.2, 0.25) is 0 Å². The second-order valence-electron chi connectivity index (χ2n) is 34.2. The van der Waals surface area contributed by atoms with E-state index in [9.17, 15) is 26.3 Å². The number of halogens is 6. The lowest BCUT2D eigenvalue weighted by atomic mass is 9.65. The minimum absolute atomic E-state index is 0.137. The molecule has 0 unspecified atom stereocenters. The Labute approximate surface area is 558 Å². The predicted octanol–water partition coefficient (Wildman–Crippen LogP) is 32.3. The summed E-state index contributed by atoms with van der Waals surface area (Å²) in [5.74, 6) is 3.11. The van der Waals surface area contributed by atoms with Crippen LogP contribution in [0.3, 0.4) is 0 Å². The molecule has 0 nitrogen and oxygen atoms in total. The Morgan fingerprint density at radius 1 is 0.284 bits per heavy atom. The van der Waals surface area contributed by atoms with Crippen molar-refractivity contribution in [1.82, 2.24) is 0 Å². The van der Waals surface area contributed by atoms with Gasteiger partial charge in [-0.2, -0.15) is 0 Å². The van der Waals surface area contributed by atoms with E-state index < -0.39 is 34.0 Å². The Morgan fingerprint density at radius 2 is 0.568 bits per heavy atom. The van der Waals surface area contributed by atoms with Gasteiger partial charge in [-0.3, -0.25) is 0 Å². The molecule has 0 amide bonds. The van der Waals surface area contributed by atoms with E-state index in [1.165, 1.54) is 38.5 Å². The predicted molar refractivity (Wildman–Crippen MR) is 400 cm³/mol. The standard InChI is InChI=1S/2C10H21F.C10H22.C9H19F.C9H20.2C7H15F.2C7H16.C6H13F/c1-7(2)9(8(3)4)10(5,6)11;1-6-9(4,7-2)10(5,11)8-3;1-7-10(6,8-2)9(3,4)5;1-5-8(6-2)9(4,10)7-3;1-6-8(7-2)9(3,4)5;1-5-7(4,8)6(2)3;1-4-6-7(3,8)5-2;1-6(2)7(3,4)5;1-5-6-7(2,3)4;1-4-6(3,7)5-2/h7-9H,1-6H3;6-8H2,1-5H3;7-8H2,1-6H3;8H,5-7H2,1-4H3;8H,6-7H2,1-5H3;6H,5H2,1-4H3;4-6H2,1-3H3;6H,1-5H3;5-6H2,1-4H3;4-5H2,1-3H3/t;10-;;9-;;2*7-;;;/m.0.0.00.../s1. The van der Waals surface area contributed by atoms with E-state index in [1.807, 2.05) is 69.2 Å². The van der Waals surface area contributed by atoms with Crippen molar-refractivity contribution in [3.63, 3.8) is 0 Å². The van der Waals surface area contributed by atoms with Crippen LogP contribution in [-0.4, -0.2) is 34.0 Å². The first-order valence-electron chi connectivity index (χ1n) is 37.1. The lowest BCUT2D eigenvalue weighted by Crippen LogP contribution is -2.38. The van der Waals surface area contributed by atoms with Gasteiger partial charge in [0.1, 0.15) is 34.0 Å². The molecule has 0 bridgehead atoms. The van der Waals surface area contributed by atoms with Crippen LogP contribution >= 0.6 is 0 Å². The smallest absolute Gasteiger partial charge is 0.113 e. The maximum Gasteiger partial charge on any atom is 0.113 e. The first-order valence-corrected chi connectivity index (χ1v) is 37.1. The van der Waals surface area contributed by atoms with Crippen LogP contribution in [0.5, 0.6) is 0 Å². The van der Waals surface area contributed by atoms with Crippen molar-refractivity contribution in [2.75, 3.05) is 0 Å². The Morgan fingerprint density at radius 3 is 0.602 bits per heavy atom. The molecule has 0 rings (SSSR count).